The van der Waals surface area contributed by atoms with Crippen LogP contribution in [0.5, 0.6) is 5.75 Å². The molecule has 0 spiro atoms. The van der Waals surface area contributed by atoms with Crippen LogP contribution in [0.2, 0.25) is 0 Å². The zero-order valence-corrected chi connectivity index (χ0v) is 14.8. The molecule has 2 rings (SSSR count). The van der Waals surface area contributed by atoms with Gasteiger partial charge < -0.3 is 15.4 Å². The van der Waals surface area contributed by atoms with Crippen LogP contribution in [0.3, 0.4) is 0 Å². The monoisotopic (exact) mass is 347 g/mol. The average Bonchev–Trinajstić information content (AvgIpc) is 2.92. The minimum Gasteiger partial charge on any atom is -0.494 e. The lowest BCUT2D eigenvalue weighted by molar-refractivity contribution is -0.120. The average molecular weight is 347 g/mol. The number of rotatable bonds is 7. The van der Waals surface area contributed by atoms with Crippen LogP contribution < -0.4 is 15.4 Å². The number of carbonyl (C=O) groups excluding carboxylic acids is 2. The molecule has 0 radical (unpaired) electrons. The molecule has 128 valence electrons. The maximum atomic E-state index is 12.3. The van der Waals surface area contributed by atoms with Gasteiger partial charge in [0.15, 0.2) is 5.13 Å². The molecule has 6 nitrogen and oxygen atoms in total. The van der Waals surface area contributed by atoms with Gasteiger partial charge in [-0.2, -0.15) is 0 Å². The van der Waals surface area contributed by atoms with Crippen molar-refractivity contribution >= 4 is 28.3 Å². The van der Waals surface area contributed by atoms with Crippen LogP contribution in [0.4, 0.5) is 5.13 Å². The summed E-state index contributed by atoms with van der Waals surface area (Å²) in [6, 6.07) is 6.93. The molecular formula is C17H21N3O3S. The number of amides is 2. The molecule has 2 aromatic rings. The highest BCUT2D eigenvalue weighted by atomic mass is 32.1. The van der Waals surface area contributed by atoms with Crippen LogP contribution in [0.25, 0.3) is 0 Å². The molecule has 2 amide bonds. The van der Waals surface area contributed by atoms with Gasteiger partial charge in [0.25, 0.3) is 0 Å². The Kier molecular flexibility index (Phi) is 6.31. The predicted molar refractivity (Wildman–Crippen MR) is 94.3 cm³/mol. The number of hydrogen-bond acceptors (Lipinski definition) is 5. The van der Waals surface area contributed by atoms with Crippen molar-refractivity contribution in [1.82, 2.24) is 10.3 Å². The Morgan fingerprint density at radius 2 is 2.08 bits per heavy atom. The number of nitrogens with zero attached hydrogens (tertiary/aromatic N) is 1. The molecule has 0 fully saturated rings. The van der Waals surface area contributed by atoms with E-state index in [9.17, 15) is 9.59 Å². The van der Waals surface area contributed by atoms with Gasteiger partial charge in [0.05, 0.1) is 19.1 Å². The zero-order valence-electron chi connectivity index (χ0n) is 14.0. The fraction of sp³-hybridized carbons (Fsp3) is 0.353. The summed E-state index contributed by atoms with van der Waals surface area (Å²) in [5.74, 6) is 0.246. The van der Waals surface area contributed by atoms with Crippen molar-refractivity contribution in [2.24, 2.45) is 0 Å². The van der Waals surface area contributed by atoms with E-state index < -0.39 is 6.04 Å². The Bertz CT molecular complexity index is 715. The number of benzene rings is 1. The van der Waals surface area contributed by atoms with E-state index in [1.54, 1.807) is 6.20 Å². The van der Waals surface area contributed by atoms with Crippen molar-refractivity contribution in [2.45, 2.75) is 33.2 Å². The fourth-order valence-corrected chi connectivity index (χ4v) is 2.99. The number of carbonyl (C=O) groups is 2. The Hall–Kier alpha value is -2.41. The lowest BCUT2D eigenvalue weighted by Gasteiger charge is -2.20. The Labute approximate surface area is 145 Å². The molecule has 0 aliphatic rings. The molecule has 1 aromatic carbocycles. The number of aromatic nitrogens is 1. The second kappa shape index (κ2) is 8.44. The van der Waals surface area contributed by atoms with Gasteiger partial charge in [-0.15, -0.1) is 11.3 Å². The fourth-order valence-electron chi connectivity index (χ4n) is 2.31. The SMILES string of the molecule is CCOc1ccccc1[C@@H](CC(=O)Nc1ncc(C)s1)NC(C)=O. The first-order valence-electron chi connectivity index (χ1n) is 7.70. The zero-order chi connectivity index (χ0) is 17.5. The largest absolute Gasteiger partial charge is 0.494 e. The molecule has 0 aliphatic carbocycles. The third-order valence-corrected chi connectivity index (χ3v) is 4.06. The lowest BCUT2D eigenvalue weighted by Crippen LogP contribution is -2.30. The van der Waals surface area contributed by atoms with Gasteiger partial charge in [-0.05, 0) is 19.9 Å². The molecular weight excluding hydrogens is 326 g/mol. The molecule has 0 unspecified atom stereocenters. The number of nitrogens with one attached hydrogen (secondary N) is 2. The first kappa shape index (κ1) is 17.9. The lowest BCUT2D eigenvalue weighted by atomic mass is 10.0. The van der Waals surface area contributed by atoms with E-state index in [0.717, 1.165) is 10.4 Å². The highest BCUT2D eigenvalue weighted by Gasteiger charge is 2.21. The molecule has 0 aliphatic heterocycles. The Morgan fingerprint density at radius 3 is 2.71 bits per heavy atom. The summed E-state index contributed by atoms with van der Waals surface area (Å²) in [5, 5.41) is 6.14. The van der Waals surface area contributed by atoms with Crippen molar-refractivity contribution in [3.8, 4) is 5.75 Å². The van der Waals surface area contributed by atoms with Crippen molar-refractivity contribution in [3.05, 3.63) is 40.9 Å². The van der Waals surface area contributed by atoms with E-state index in [1.807, 2.05) is 38.1 Å². The smallest absolute Gasteiger partial charge is 0.228 e. The first-order chi connectivity index (χ1) is 11.5. The van der Waals surface area contributed by atoms with Gasteiger partial charge >= 0.3 is 0 Å². The van der Waals surface area contributed by atoms with Crippen LogP contribution in [0.15, 0.2) is 30.5 Å². The molecule has 1 heterocycles. The van der Waals surface area contributed by atoms with Crippen molar-refractivity contribution in [3.63, 3.8) is 0 Å². The van der Waals surface area contributed by atoms with Gasteiger partial charge in [0.2, 0.25) is 11.8 Å². The topological polar surface area (TPSA) is 80.3 Å². The van der Waals surface area contributed by atoms with E-state index >= 15 is 0 Å². The van der Waals surface area contributed by atoms with Crippen LogP contribution in [0.1, 0.15) is 36.8 Å². The molecule has 1 aromatic heterocycles. The molecule has 1 atom stereocenters. The summed E-state index contributed by atoms with van der Waals surface area (Å²) in [5.41, 5.74) is 0.778. The minimum absolute atomic E-state index is 0.0995. The highest BCUT2D eigenvalue weighted by molar-refractivity contribution is 7.15. The summed E-state index contributed by atoms with van der Waals surface area (Å²) >= 11 is 1.41. The summed E-state index contributed by atoms with van der Waals surface area (Å²) in [4.78, 5) is 29.0. The number of para-hydroxylation sites is 1. The van der Waals surface area contributed by atoms with Crippen LogP contribution in [-0.2, 0) is 9.59 Å². The van der Waals surface area contributed by atoms with Gasteiger partial charge in [-0.1, -0.05) is 18.2 Å². The molecule has 0 bridgehead atoms. The molecule has 24 heavy (non-hydrogen) atoms. The normalized spacial score (nSPS) is 11.6. The second-order valence-electron chi connectivity index (χ2n) is 5.25. The van der Waals surface area contributed by atoms with Crippen molar-refractivity contribution in [1.29, 1.82) is 0 Å². The summed E-state index contributed by atoms with van der Waals surface area (Å²) in [6.07, 6.45) is 1.80. The number of anilines is 1. The van der Waals surface area contributed by atoms with E-state index in [2.05, 4.69) is 15.6 Å². The van der Waals surface area contributed by atoms with E-state index in [0.29, 0.717) is 17.5 Å². The highest BCUT2D eigenvalue weighted by Crippen LogP contribution is 2.28. The second-order valence-corrected chi connectivity index (χ2v) is 6.49. The summed E-state index contributed by atoms with van der Waals surface area (Å²) in [6.45, 7) is 5.75. The van der Waals surface area contributed by atoms with Gasteiger partial charge in [0.1, 0.15) is 5.75 Å². The Balaban J connectivity index is 2.16. The minimum atomic E-state index is -0.466. The van der Waals surface area contributed by atoms with Gasteiger partial charge in [0, 0.05) is 23.6 Å². The third-order valence-electron chi connectivity index (χ3n) is 3.23. The number of hydrogen-bond donors (Lipinski definition) is 2. The van der Waals surface area contributed by atoms with Crippen molar-refractivity contribution in [2.75, 3.05) is 11.9 Å². The molecule has 0 saturated heterocycles. The molecule has 7 heteroatoms. The standard InChI is InChI=1S/C17H21N3O3S/c1-4-23-15-8-6-5-7-13(15)14(19-12(3)21)9-16(22)20-17-18-10-11(2)24-17/h5-8,10,14H,4,9H2,1-3H3,(H,19,21)(H,18,20,22)/t14-/m1/s1. The van der Waals surface area contributed by atoms with E-state index in [-0.39, 0.29) is 18.2 Å². The predicted octanol–water partition coefficient (Wildman–Crippen LogP) is 3.06. The maximum absolute atomic E-state index is 12.3. The number of aryl methyl sites for hydroxylation is 1. The number of ether oxygens (including phenoxy) is 1. The molecule has 0 saturated carbocycles. The van der Waals surface area contributed by atoms with Crippen LogP contribution in [0, 0.1) is 6.92 Å². The van der Waals surface area contributed by atoms with Crippen LogP contribution >= 0.6 is 11.3 Å². The van der Waals surface area contributed by atoms with E-state index in [4.69, 9.17) is 4.74 Å². The third kappa shape index (κ3) is 5.06. The van der Waals surface area contributed by atoms with Gasteiger partial charge in [-0.25, -0.2) is 4.98 Å². The Morgan fingerprint density at radius 1 is 1.33 bits per heavy atom. The molecule has 2 N–H and O–H groups in total. The quantitative estimate of drug-likeness (QED) is 0.807. The number of thiazole rings is 1. The first-order valence-corrected chi connectivity index (χ1v) is 8.52. The summed E-state index contributed by atoms with van der Waals surface area (Å²) < 4.78 is 5.61. The van der Waals surface area contributed by atoms with Gasteiger partial charge in [-0.3, -0.25) is 9.59 Å². The van der Waals surface area contributed by atoms with Crippen LogP contribution in [-0.4, -0.2) is 23.4 Å². The van der Waals surface area contributed by atoms with Crippen molar-refractivity contribution < 1.29 is 14.3 Å². The summed E-state index contributed by atoms with van der Waals surface area (Å²) in [7, 11) is 0. The maximum Gasteiger partial charge on any atom is 0.228 e. The van der Waals surface area contributed by atoms with E-state index in [1.165, 1.54) is 18.3 Å².